The van der Waals surface area contributed by atoms with Crippen LogP contribution in [-0.2, 0) is 12.1 Å². The topological polar surface area (TPSA) is 52.7 Å². The number of pyridine rings is 1. The smallest absolute Gasteiger partial charge is 0.189 e. The van der Waals surface area contributed by atoms with Gasteiger partial charge >= 0.3 is 0 Å². The highest BCUT2D eigenvalue weighted by Crippen LogP contribution is 2.16. The maximum Gasteiger partial charge on any atom is 0.189 e. The van der Waals surface area contributed by atoms with Gasteiger partial charge in [-0.1, -0.05) is 12.1 Å². The van der Waals surface area contributed by atoms with Crippen LogP contribution in [0.5, 0.6) is 0 Å². The lowest BCUT2D eigenvalue weighted by Crippen LogP contribution is -2.26. The van der Waals surface area contributed by atoms with Crippen molar-refractivity contribution in [2.75, 3.05) is 0 Å². The minimum atomic E-state index is -0.124. The molecule has 0 unspecified atom stereocenters. The second-order valence-electron chi connectivity index (χ2n) is 6.08. The van der Waals surface area contributed by atoms with Crippen LogP contribution in [0, 0.1) is 0 Å². The van der Waals surface area contributed by atoms with E-state index >= 15 is 0 Å². The van der Waals surface area contributed by atoms with Crippen LogP contribution in [0.25, 0.3) is 10.9 Å². The molecular formula is C16H18N4O. The largest absolute Gasteiger partial charge is 0.340 e. The third-order valence-electron chi connectivity index (χ3n) is 3.45. The summed E-state index contributed by atoms with van der Waals surface area (Å²) in [7, 11) is 0. The van der Waals surface area contributed by atoms with Crippen molar-refractivity contribution >= 4 is 10.9 Å². The summed E-state index contributed by atoms with van der Waals surface area (Å²) >= 11 is 0. The van der Waals surface area contributed by atoms with E-state index in [0.717, 1.165) is 16.7 Å². The third-order valence-corrected chi connectivity index (χ3v) is 3.45. The van der Waals surface area contributed by atoms with Gasteiger partial charge in [-0.3, -0.25) is 4.79 Å². The van der Waals surface area contributed by atoms with E-state index in [1.165, 1.54) is 0 Å². The highest BCUT2D eigenvalue weighted by molar-refractivity contribution is 5.78. The highest BCUT2D eigenvalue weighted by Gasteiger charge is 2.18. The van der Waals surface area contributed by atoms with E-state index in [4.69, 9.17) is 0 Å². The Kier molecular flexibility index (Phi) is 3.12. The van der Waals surface area contributed by atoms with Crippen molar-refractivity contribution in [1.82, 2.24) is 19.3 Å². The van der Waals surface area contributed by atoms with Crippen LogP contribution < -0.4 is 5.43 Å². The maximum absolute atomic E-state index is 11.9. The fourth-order valence-electron chi connectivity index (χ4n) is 2.48. The molecule has 1 aromatic carbocycles. The maximum atomic E-state index is 11.9. The van der Waals surface area contributed by atoms with Gasteiger partial charge in [0.1, 0.15) is 12.2 Å². The fraction of sp³-hybridized carbons (Fsp3) is 0.312. The second kappa shape index (κ2) is 4.84. The lowest BCUT2D eigenvalue weighted by atomic mass is 10.1. The molecule has 0 N–H and O–H groups in total. The molecule has 0 saturated heterocycles. The Balaban J connectivity index is 2.10. The Morgan fingerprint density at radius 1 is 1.14 bits per heavy atom. The number of benzene rings is 1. The van der Waals surface area contributed by atoms with Gasteiger partial charge in [-0.05, 0) is 32.9 Å². The minimum absolute atomic E-state index is 0.0409. The first kappa shape index (κ1) is 13.5. The molecule has 0 aliphatic heterocycles. The zero-order chi connectivity index (χ0) is 15.0. The molecule has 0 amide bonds. The first-order valence-electron chi connectivity index (χ1n) is 6.94. The summed E-state index contributed by atoms with van der Waals surface area (Å²) in [6.07, 6.45) is 3.39. The predicted molar refractivity (Wildman–Crippen MR) is 82.3 cm³/mol. The van der Waals surface area contributed by atoms with Gasteiger partial charge in [-0.2, -0.15) is 5.10 Å². The zero-order valence-electron chi connectivity index (χ0n) is 12.4. The summed E-state index contributed by atoms with van der Waals surface area (Å²) in [5.74, 6) is 0.872. The molecular weight excluding hydrogens is 264 g/mol. The van der Waals surface area contributed by atoms with Gasteiger partial charge in [0.15, 0.2) is 5.43 Å². The Labute approximate surface area is 122 Å². The second-order valence-corrected chi connectivity index (χ2v) is 6.08. The molecule has 108 valence electrons. The summed E-state index contributed by atoms with van der Waals surface area (Å²) in [6, 6.07) is 9.22. The van der Waals surface area contributed by atoms with Crippen molar-refractivity contribution in [3.05, 3.63) is 58.9 Å². The summed E-state index contributed by atoms with van der Waals surface area (Å²) < 4.78 is 3.95. The van der Waals surface area contributed by atoms with Gasteiger partial charge in [0, 0.05) is 17.6 Å². The van der Waals surface area contributed by atoms with Crippen LogP contribution in [0.2, 0.25) is 0 Å². The van der Waals surface area contributed by atoms with Crippen molar-refractivity contribution < 1.29 is 0 Å². The molecule has 0 radical (unpaired) electrons. The Morgan fingerprint density at radius 3 is 2.67 bits per heavy atom. The standard InChI is InChI=1S/C16H18N4O/c1-16(2,3)20-15(17-11-18-20)10-19-9-8-14(21)12-6-4-5-7-13(12)19/h4-9,11H,10H2,1-3H3. The molecule has 5 nitrogen and oxygen atoms in total. The number of hydrogen-bond donors (Lipinski definition) is 0. The van der Waals surface area contributed by atoms with Crippen molar-refractivity contribution in [1.29, 1.82) is 0 Å². The van der Waals surface area contributed by atoms with Crippen molar-refractivity contribution in [2.45, 2.75) is 32.9 Å². The molecule has 0 spiro atoms. The minimum Gasteiger partial charge on any atom is -0.340 e. The monoisotopic (exact) mass is 282 g/mol. The number of hydrogen-bond acceptors (Lipinski definition) is 3. The quantitative estimate of drug-likeness (QED) is 0.725. The lowest BCUT2D eigenvalue weighted by molar-refractivity contribution is 0.339. The Hall–Kier alpha value is -2.43. The van der Waals surface area contributed by atoms with Gasteiger partial charge in [0.25, 0.3) is 0 Å². The van der Waals surface area contributed by atoms with E-state index in [0.29, 0.717) is 6.54 Å². The van der Waals surface area contributed by atoms with E-state index in [-0.39, 0.29) is 11.0 Å². The van der Waals surface area contributed by atoms with Crippen LogP contribution in [0.4, 0.5) is 0 Å². The van der Waals surface area contributed by atoms with Crippen molar-refractivity contribution in [3.8, 4) is 0 Å². The molecule has 2 aromatic heterocycles. The van der Waals surface area contributed by atoms with Crippen LogP contribution in [0.3, 0.4) is 0 Å². The summed E-state index contributed by atoms with van der Waals surface area (Å²) in [5, 5.41) is 5.04. The van der Waals surface area contributed by atoms with Crippen LogP contribution in [0.15, 0.2) is 47.7 Å². The number of rotatable bonds is 2. The lowest BCUT2D eigenvalue weighted by Gasteiger charge is -2.22. The van der Waals surface area contributed by atoms with E-state index in [9.17, 15) is 4.79 Å². The molecule has 0 fully saturated rings. The fourth-order valence-corrected chi connectivity index (χ4v) is 2.48. The zero-order valence-corrected chi connectivity index (χ0v) is 12.4. The number of nitrogens with zero attached hydrogens (tertiary/aromatic N) is 4. The molecule has 5 heteroatoms. The number of fused-ring (bicyclic) bond motifs is 1. The SMILES string of the molecule is CC(C)(C)n1ncnc1Cn1ccc(=O)c2ccccc21. The molecule has 0 aliphatic rings. The summed E-state index contributed by atoms with van der Waals surface area (Å²) in [6.45, 7) is 6.86. The average Bonchev–Trinajstić information content (AvgIpc) is 2.91. The molecule has 21 heavy (non-hydrogen) atoms. The van der Waals surface area contributed by atoms with Gasteiger partial charge < -0.3 is 4.57 Å². The first-order valence-corrected chi connectivity index (χ1v) is 6.94. The summed E-state index contributed by atoms with van der Waals surface area (Å²) in [4.78, 5) is 16.3. The molecule has 0 aliphatic carbocycles. The number of para-hydroxylation sites is 1. The van der Waals surface area contributed by atoms with Gasteiger partial charge in [0.2, 0.25) is 0 Å². The predicted octanol–water partition coefficient (Wildman–Crippen LogP) is 2.40. The first-order chi connectivity index (χ1) is 9.97. The molecule has 0 bridgehead atoms. The third kappa shape index (κ3) is 2.46. The molecule has 0 saturated carbocycles. The van der Waals surface area contributed by atoms with Crippen LogP contribution in [-0.4, -0.2) is 19.3 Å². The highest BCUT2D eigenvalue weighted by atomic mass is 16.1. The van der Waals surface area contributed by atoms with Crippen molar-refractivity contribution in [2.24, 2.45) is 0 Å². The Bertz CT molecular complexity index is 839. The normalized spacial score (nSPS) is 12.0. The van der Waals surface area contributed by atoms with E-state index in [1.54, 1.807) is 12.4 Å². The van der Waals surface area contributed by atoms with Gasteiger partial charge in [-0.15, -0.1) is 0 Å². The summed E-state index contributed by atoms with van der Waals surface area (Å²) in [5.41, 5.74) is 0.827. The van der Waals surface area contributed by atoms with Crippen LogP contribution >= 0.6 is 0 Å². The number of aromatic nitrogens is 4. The van der Waals surface area contributed by atoms with Gasteiger partial charge in [0.05, 0.1) is 17.6 Å². The molecule has 2 heterocycles. The van der Waals surface area contributed by atoms with E-state index in [2.05, 4.69) is 30.9 Å². The van der Waals surface area contributed by atoms with E-state index < -0.39 is 0 Å². The molecule has 0 atom stereocenters. The van der Waals surface area contributed by atoms with Gasteiger partial charge in [-0.25, -0.2) is 9.67 Å². The molecule has 3 aromatic rings. The van der Waals surface area contributed by atoms with E-state index in [1.807, 2.05) is 39.7 Å². The van der Waals surface area contributed by atoms with Crippen molar-refractivity contribution in [3.63, 3.8) is 0 Å². The average molecular weight is 282 g/mol. The molecule has 3 rings (SSSR count). The van der Waals surface area contributed by atoms with Crippen LogP contribution in [0.1, 0.15) is 26.6 Å². The Morgan fingerprint density at radius 2 is 1.90 bits per heavy atom.